The second kappa shape index (κ2) is 7.05. The van der Waals surface area contributed by atoms with Crippen LogP contribution in [-0.2, 0) is 14.4 Å². The Bertz CT molecular complexity index is 414. The summed E-state index contributed by atoms with van der Waals surface area (Å²) in [6.45, 7) is 2.25. The van der Waals surface area contributed by atoms with Crippen LogP contribution in [0.1, 0.15) is 13.8 Å². The molecule has 0 spiro atoms. The van der Waals surface area contributed by atoms with Gasteiger partial charge in [0, 0.05) is 18.2 Å². The number of amides is 4. The summed E-state index contributed by atoms with van der Waals surface area (Å²) in [5, 5.41) is 15.0. The molecule has 4 amide bonds. The molecule has 18 heavy (non-hydrogen) atoms. The molecular weight excluding hydrogens is 242 g/mol. The Labute approximate surface area is 103 Å². The van der Waals surface area contributed by atoms with Crippen molar-refractivity contribution in [3.8, 4) is 0 Å². The van der Waals surface area contributed by atoms with E-state index in [9.17, 15) is 19.2 Å². The Morgan fingerprint density at radius 3 is 2.06 bits per heavy atom. The highest BCUT2D eigenvalue weighted by Gasteiger charge is 2.15. The van der Waals surface area contributed by atoms with Crippen LogP contribution in [0.25, 0.3) is 0 Å². The largest absolute Gasteiger partial charge is 0.478 e. The second-order valence-corrected chi connectivity index (χ2v) is 3.37. The van der Waals surface area contributed by atoms with Crippen molar-refractivity contribution in [2.75, 3.05) is 13.6 Å². The molecule has 0 aliphatic rings. The zero-order chi connectivity index (χ0) is 14.3. The number of carboxylic acid groups (broad SMARTS) is 1. The third-order valence-electron chi connectivity index (χ3n) is 2.14. The Morgan fingerprint density at radius 1 is 1.06 bits per heavy atom. The molecule has 0 saturated carbocycles. The Morgan fingerprint density at radius 2 is 1.61 bits per heavy atom. The Hall–Kier alpha value is -2.38. The minimum absolute atomic E-state index is 0.0856. The first-order valence-electron chi connectivity index (χ1n) is 5.00. The van der Waals surface area contributed by atoms with E-state index in [0.29, 0.717) is 0 Å². The number of aliphatic carboxylic acids is 1. The molecule has 0 aliphatic carbocycles. The molecule has 8 heteroatoms. The number of hydrogen-bond donors (Lipinski definition) is 4. The van der Waals surface area contributed by atoms with Crippen molar-refractivity contribution < 1.29 is 24.3 Å². The molecule has 0 unspecified atom stereocenters. The van der Waals surface area contributed by atoms with Gasteiger partial charge in [0.05, 0.1) is 6.54 Å². The number of rotatable bonds is 4. The molecular formula is C10H15N3O5. The van der Waals surface area contributed by atoms with Gasteiger partial charge in [-0.05, 0) is 13.8 Å². The number of imide groups is 1. The summed E-state index contributed by atoms with van der Waals surface area (Å²) in [5.74, 6) is -2.50. The van der Waals surface area contributed by atoms with Crippen molar-refractivity contribution in [3.05, 3.63) is 11.1 Å². The lowest BCUT2D eigenvalue weighted by atomic mass is 10.1. The van der Waals surface area contributed by atoms with Gasteiger partial charge in [-0.3, -0.25) is 14.9 Å². The van der Waals surface area contributed by atoms with Gasteiger partial charge in [-0.1, -0.05) is 0 Å². The van der Waals surface area contributed by atoms with Crippen LogP contribution in [0, 0.1) is 0 Å². The van der Waals surface area contributed by atoms with Crippen molar-refractivity contribution in [1.29, 1.82) is 0 Å². The minimum Gasteiger partial charge on any atom is -0.478 e. The summed E-state index contributed by atoms with van der Waals surface area (Å²) in [6, 6.07) is -0.874. The molecule has 0 aromatic carbocycles. The maximum atomic E-state index is 11.4. The van der Waals surface area contributed by atoms with E-state index in [0.717, 1.165) is 0 Å². The summed E-state index contributed by atoms with van der Waals surface area (Å²) in [4.78, 5) is 44.0. The third kappa shape index (κ3) is 5.10. The molecule has 100 valence electrons. The number of carbonyl (C=O) groups excluding carboxylic acids is 3. The van der Waals surface area contributed by atoms with Gasteiger partial charge in [0.25, 0.3) is 5.91 Å². The Kier molecular flexibility index (Phi) is 6.11. The number of hydrogen-bond acceptors (Lipinski definition) is 4. The smallest absolute Gasteiger partial charge is 0.331 e. The lowest BCUT2D eigenvalue weighted by Crippen LogP contribution is -2.44. The maximum absolute atomic E-state index is 11.4. The van der Waals surface area contributed by atoms with Crippen LogP contribution in [0.2, 0.25) is 0 Å². The van der Waals surface area contributed by atoms with Crippen molar-refractivity contribution >= 4 is 23.8 Å². The van der Waals surface area contributed by atoms with Crippen molar-refractivity contribution in [2.24, 2.45) is 0 Å². The zero-order valence-electron chi connectivity index (χ0n) is 10.3. The van der Waals surface area contributed by atoms with Gasteiger partial charge in [-0.15, -0.1) is 0 Å². The first-order chi connectivity index (χ1) is 8.29. The quantitative estimate of drug-likeness (QED) is 0.480. The summed E-state index contributed by atoms with van der Waals surface area (Å²) in [5.41, 5.74) is -0.246. The predicted molar refractivity (Wildman–Crippen MR) is 61.6 cm³/mol. The standard InChI is InChI=1S/C10H15N3O5/c1-5(6(2)9(16)17)8(15)13-10(18)12-4-7(14)11-3/h4H2,1-3H3,(H,11,14)(H,16,17)(H2,12,13,15,18). The molecule has 0 bridgehead atoms. The van der Waals surface area contributed by atoms with E-state index in [4.69, 9.17) is 5.11 Å². The van der Waals surface area contributed by atoms with E-state index < -0.39 is 23.8 Å². The van der Waals surface area contributed by atoms with Gasteiger partial charge in [0.2, 0.25) is 5.91 Å². The fourth-order valence-corrected chi connectivity index (χ4v) is 0.821. The lowest BCUT2D eigenvalue weighted by molar-refractivity contribution is -0.133. The summed E-state index contributed by atoms with van der Waals surface area (Å²) in [7, 11) is 1.40. The van der Waals surface area contributed by atoms with Gasteiger partial charge >= 0.3 is 12.0 Å². The van der Waals surface area contributed by atoms with Gasteiger partial charge in [-0.25, -0.2) is 9.59 Å². The maximum Gasteiger partial charge on any atom is 0.331 e. The van der Waals surface area contributed by atoms with E-state index in [1.165, 1.54) is 20.9 Å². The van der Waals surface area contributed by atoms with Gasteiger partial charge in [-0.2, -0.15) is 0 Å². The molecule has 0 aliphatic heterocycles. The third-order valence-corrected chi connectivity index (χ3v) is 2.14. The minimum atomic E-state index is -1.24. The average molecular weight is 257 g/mol. The highest BCUT2D eigenvalue weighted by atomic mass is 16.4. The van der Waals surface area contributed by atoms with Gasteiger partial charge in [0.1, 0.15) is 0 Å². The molecule has 0 heterocycles. The number of carbonyl (C=O) groups is 4. The van der Waals surface area contributed by atoms with Gasteiger partial charge < -0.3 is 15.7 Å². The average Bonchev–Trinajstić information content (AvgIpc) is 2.33. The highest BCUT2D eigenvalue weighted by Crippen LogP contribution is 2.02. The summed E-state index contributed by atoms with van der Waals surface area (Å²) in [6.07, 6.45) is 0. The summed E-state index contributed by atoms with van der Waals surface area (Å²) >= 11 is 0. The molecule has 0 saturated heterocycles. The molecule has 0 radical (unpaired) electrons. The van der Waals surface area contributed by atoms with Crippen LogP contribution in [-0.4, -0.2) is 42.5 Å². The molecule has 0 aromatic heterocycles. The Balaban J connectivity index is 4.41. The first-order valence-corrected chi connectivity index (χ1v) is 5.00. The highest BCUT2D eigenvalue weighted by molar-refractivity contribution is 6.07. The van der Waals surface area contributed by atoms with Crippen molar-refractivity contribution in [2.45, 2.75) is 13.8 Å². The molecule has 0 aromatic rings. The van der Waals surface area contributed by atoms with Crippen LogP contribution >= 0.6 is 0 Å². The van der Waals surface area contributed by atoms with E-state index in [-0.39, 0.29) is 17.7 Å². The topological polar surface area (TPSA) is 125 Å². The monoisotopic (exact) mass is 257 g/mol. The number of carboxylic acids is 1. The zero-order valence-corrected chi connectivity index (χ0v) is 10.3. The van der Waals surface area contributed by atoms with Crippen LogP contribution in [0.5, 0.6) is 0 Å². The van der Waals surface area contributed by atoms with Crippen LogP contribution in [0.15, 0.2) is 11.1 Å². The summed E-state index contributed by atoms with van der Waals surface area (Å²) < 4.78 is 0. The number of nitrogens with one attached hydrogen (secondary N) is 3. The number of urea groups is 1. The van der Waals surface area contributed by atoms with Crippen LogP contribution in [0.4, 0.5) is 4.79 Å². The van der Waals surface area contributed by atoms with E-state index in [1.54, 1.807) is 0 Å². The normalized spacial score (nSPS) is 11.1. The van der Waals surface area contributed by atoms with Crippen LogP contribution < -0.4 is 16.0 Å². The molecule has 4 N–H and O–H groups in total. The van der Waals surface area contributed by atoms with Crippen molar-refractivity contribution in [3.63, 3.8) is 0 Å². The van der Waals surface area contributed by atoms with E-state index >= 15 is 0 Å². The predicted octanol–water partition coefficient (Wildman–Crippen LogP) is -1.02. The van der Waals surface area contributed by atoms with Gasteiger partial charge in [0.15, 0.2) is 0 Å². The second-order valence-electron chi connectivity index (χ2n) is 3.37. The van der Waals surface area contributed by atoms with E-state index in [2.05, 4.69) is 10.6 Å². The molecule has 0 fully saturated rings. The molecule has 0 rings (SSSR count). The lowest BCUT2D eigenvalue weighted by Gasteiger charge is -2.07. The van der Waals surface area contributed by atoms with E-state index in [1.807, 2.05) is 5.32 Å². The van der Waals surface area contributed by atoms with Crippen molar-refractivity contribution in [1.82, 2.24) is 16.0 Å². The number of likely N-dealkylation sites (N-methyl/N-ethyl adjacent to an activating group) is 1. The fourth-order valence-electron chi connectivity index (χ4n) is 0.821. The van der Waals surface area contributed by atoms with Crippen LogP contribution in [0.3, 0.4) is 0 Å². The molecule has 8 nitrogen and oxygen atoms in total. The first kappa shape index (κ1) is 15.6. The SMILES string of the molecule is CNC(=O)CNC(=O)NC(=O)C(C)=C(C)C(=O)O. The fraction of sp³-hybridized carbons (Fsp3) is 0.400. The molecule has 0 atom stereocenters.